The third-order valence-corrected chi connectivity index (χ3v) is 7.44. The number of aliphatic imine (C=N–C) groups is 1. The van der Waals surface area contributed by atoms with E-state index in [1.807, 2.05) is 18.0 Å². The Morgan fingerprint density at radius 3 is 1.86 bits per heavy atom. The first-order valence-corrected chi connectivity index (χ1v) is 12.1. The molecule has 0 aliphatic carbocycles. The summed E-state index contributed by atoms with van der Waals surface area (Å²) in [6, 6.07) is 14.3. The van der Waals surface area contributed by atoms with E-state index in [1.165, 1.54) is 32.3 Å². The van der Waals surface area contributed by atoms with Gasteiger partial charge in [0.2, 0.25) is 0 Å². The largest absolute Gasteiger partial charge is 0.332 e. The van der Waals surface area contributed by atoms with Gasteiger partial charge < -0.3 is 4.90 Å². The summed E-state index contributed by atoms with van der Waals surface area (Å²) < 4.78 is 1.16. The Labute approximate surface area is 193 Å². The van der Waals surface area contributed by atoms with Gasteiger partial charge in [-0.3, -0.25) is 4.99 Å². The number of rotatable bonds is 1. The average molecular weight is 516 g/mol. The lowest BCUT2D eigenvalue weighted by molar-refractivity contribution is 0.587. The van der Waals surface area contributed by atoms with Gasteiger partial charge in [-0.05, 0) is 74.9 Å². The molecule has 2 nitrogen and oxygen atoms in total. The van der Waals surface area contributed by atoms with Crippen LogP contribution in [-0.4, -0.2) is 9.76 Å². The highest BCUT2D eigenvalue weighted by molar-refractivity contribution is 14.1. The van der Waals surface area contributed by atoms with Gasteiger partial charge in [-0.1, -0.05) is 65.4 Å². The molecule has 2 aromatic rings. The molecule has 4 rings (SSSR count). The fourth-order valence-electron chi connectivity index (χ4n) is 3.82. The molecular formula is C25H29IN2S. The predicted molar refractivity (Wildman–Crippen MR) is 136 cm³/mol. The number of halogens is 1. The molecule has 0 saturated carbocycles. The molecule has 0 radical (unpaired) electrons. The standard InChI is InChI=1S/C25H29IN2S/c1-24(2,3)16-7-9-19-21(13-16)29-22-14-17(25(4,5)6)8-10-20(22)28(19)18-11-12-27-23(26)15-18/h7-14,18H,15H2,1-6H3. The molecule has 0 fully saturated rings. The molecule has 0 spiro atoms. The number of hydrogen-bond donors (Lipinski definition) is 0. The van der Waals surface area contributed by atoms with E-state index in [9.17, 15) is 0 Å². The predicted octanol–water partition coefficient (Wildman–Crippen LogP) is 8.00. The van der Waals surface area contributed by atoms with Crippen LogP contribution in [0.2, 0.25) is 0 Å². The van der Waals surface area contributed by atoms with Crippen molar-refractivity contribution in [3.63, 3.8) is 0 Å². The van der Waals surface area contributed by atoms with Crippen LogP contribution in [0.3, 0.4) is 0 Å². The molecule has 29 heavy (non-hydrogen) atoms. The highest BCUT2D eigenvalue weighted by Gasteiger charge is 2.31. The zero-order valence-corrected chi connectivity index (χ0v) is 21.1. The van der Waals surface area contributed by atoms with Crippen molar-refractivity contribution in [1.29, 1.82) is 0 Å². The SMILES string of the molecule is CC(C)(C)c1ccc2c(c1)Sc1cc(C(C)(C)C)ccc1N2C1C=CN=C(I)C1. The van der Waals surface area contributed by atoms with Crippen LogP contribution >= 0.6 is 34.4 Å². The van der Waals surface area contributed by atoms with Gasteiger partial charge in [0.25, 0.3) is 0 Å². The number of fused-ring (bicyclic) bond motifs is 2. The Kier molecular flexibility index (Phi) is 5.39. The topological polar surface area (TPSA) is 15.6 Å². The lowest BCUT2D eigenvalue weighted by Crippen LogP contribution is -2.34. The van der Waals surface area contributed by atoms with Crippen LogP contribution < -0.4 is 4.90 Å². The van der Waals surface area contributed by atoms with Crippen LogP contribution in [0.25, 0.3) is 0 Å². The zero-order chi connectivity index (χ0) is 21.0. The van der Waals surface area contributed by atoms with Crippen molar-refractivity contribution in [2.75, 3.05) is 4.90 Å². The van der Waals surface area contributed by atoms with E-state index in [-0.39, 0.29) is 10.8 Å². The Balaban J connectivity index is 1.87. The minimum atomic E-state index is 0.140. The zero-order valence-electron chi connectivity index (χ0n) is 18.1. The second-order valence-electron chi connectivity index (χ2n) is 9.96. The molecule has 152 valence electrons. The Bertz CT molecular complexity index is 945. The van der Waals surface area contributed by atoms with E-state index in [1.54, 1.807) is 0 Å². The van der Waals surface area contributed by atoms with E-state index in [0.717, 1.165) is 10.1 Å². The second-order valence-corrected chi connectivity index (χ2v) is 12.3. The Morgan fingerprint density at radius 2 is 1.41 bits per heavy atom. The maximum absolute atomic E-state index is 4.47. The molecule has 2 heterocycles. The van der Waals surface area contributed by atoms with Gasteiger partial charge in [-0.15, -0.1) is 0 Å². The number of nitrogens with zero attached hydrogens (tertiary/aromatic N) is 2. The van der Waals surface area contributed by atoms with Crippen molar-refractivity contribution in [2.45, 2.75) is 74.6 Å². The molecule has 0 N–H and O–H groups in total. The third kappa shape index (κ3) is 4.15. The maximum atomic E-state index is 4.47. The lowest BCUT2D eigenvalue weighted by atomic mass is 9.86. The summed E-state index contributed by atoms with van der Waals surface area (Å²) in [5, 5.41) is 0. The third-order valence-electron chi connectivity index (χ3n) is 5.62. The minimum absolute atomic E-state index is 0.140. The van der Waals surface area contributed by atoms with Crippen molar-refractivity contribution in [3.8, 4) is 0 Å². The first-order chi connectivity index (χ1) is 13.5. The second kappa shape index (κ2) is 7.45. The van der Waals surface area contributed by atoms with Crippen molar-refractivity contribution in [1.82, 2.24) is 0 Å². The molecule has 0 saturated heterocycles. The van der Waals surface area contributed by atoms with Crippen molar-refractivity contribution in [2.24, 2.45) is 4.99 Å². The summed E-state index contributed by atoms with van der Waals surface area (Å²) in [5.41, 5.74) is 5.66. The van der Waals surface area contributed by atoms with Gasteiger partial charge in [0.15, 0.2) is 0 Å². The van der Waals surface area contributed by atoms with Crippen LogP contribution in [0.5, 0.6) is 0 Å². The summed E-state index contributed by atoms with van der Waals surface area (Å²) >= 11 is 4.28. The number of anilines is 2. The van der Waals surface area contributed by atoms with E-state index < -0.39 is 0 Å². The normalized spacial score (nSPS) is 18.9. The first-order valence-electron chi connectivity index (χ1n) is 10.2. The Morgan fingerprint density at radius 1 is 0.897 bits per heavy atom. The number of hydrogen-bond acceptors (Lipinski definition) is 3. The molecule has 2 aliphatic rings. The monoisotopic (exact) mass is 516 g/mol. The lowest BCUT2D eigenvalue weighted by Gasteiger charge is -2.39. The van der Waals surface area contributed by atoms with Crippen LogP contribution in [0, 0.1) is 0 Å². The maximum Gasteiger partial charge on any atom is 0.0807 e. The minimum Gasteiger partial charge on any atom is -0.332 e. The summed E-state index contributed by atoms with van der Waals surface area (Å²) in [4.78, 5) is 9.69. The summed E-state index contributed by atoms with van der Waals surface area (Å²) in [7, 11) is 0. The fraction of sp³-hybridized carbons (Fsp3) is 0.400. The summed E-state index contributed by atoms with van der Waals surface area (Å²) in [6.45, 7) is 13.7. The van der Waals surface area contributed by atoms with E-state index in [4.69, 9.17) is 0 Å². The molecule has 0 bridgehead atoms. The van der Waals surface area contributed by atoms with Gasteiger partial charge in [-0.25, -0.2) is 0 Å². The van der Waals surface area contributed by atoms with Crippen LogP contribution in [0.1, 0.15) is 59.1 Å². The fourth-order valence-corrected chi connectivity index (χ4v) is 5.58. The van der Waals surface area contributed by atoms with Gasteiger partial charge in [0.1, 0.15) is 0 Å². The Hall–Kier alpha value is -1.27. The van der Waals surface area contributed by atoms with Crippen molar-refractivity contribution in [3.05, 3.63) is 59.8 Å². The molecule has 0 amide bonds. The summed E-state index contributed by atoms with van der Waals surface area (Å²) in [5.74, 6) is 0. The van der Waals surface area contributed by atoms with Gasteiger partial charge in [-0.2, -0.15) is 0 Å². The van der Waals surface area contributed by atoms with E-state index >= 15 is 0 Å². The van der Waals surface area contributed by atoms with E-state index in [2.05, 4.69) is 116 Å². The molecule has 1 unspecified atom stereocenters. The molecule has 2 aromatic carbocycles. The smallest absolute Gasteiger partial charge is 0.0807 e. The van der Waals surface area contributed by atoms with E-state index in [0.29, 0.717) is 6.04 Å². The van der Waals surface area contributed by atoms with Crippen LogP contribution in [0.15, 0.2) is 63.5 Å². The average Bonchev–Trinajstić information content (AvgIpc) is 2.63. The van der Waals surface area contributed by atoms with Gasteiger partial charge >= 0.3 is 0 Å². The first kappa shape index (κ1) is 21.0. The van der Waals surface area contributed by atoms with Crippen molar-refractivity contribution >= 4 is 49.4 Å². The molecule has 0 aromatic heterocycles. The highest BCUT2D eigenvalue weighted by atomic mass is 127. The highest BCUT2D eigenvalue weighted by Crippen LogP contribution is 2.51. The van der Waals surface area contributed by atoms with Gasteiger partial charge in [0.05, 0.1) is 21.1 Å². The molecule has 4 heteroatoms. The van der Waals surface area contributed by atoms with Gasteiger partial charge in [0, 0.05) is 22.4 Å². The molecule has 2 aliphatic heterocycles. The quantitative estimate of drug-likeness (QED) is 0.357. The number of benzene rings is 2. The molecule has 1 atom stereocenters. The van der Waals surface area contributed by atoms with Crippen LogP contribution in [-0.2, 0) is 10.8 Å². The van der Waals surface area contributed by atoms with Crippen LogP contribution in [0.4, 0.5) is 11.4 Å². The molecular weight excluding hydrogens is 487 g/mol. The summed E-state index contributed by atoms with van der Waals surface area (Å²) in [6.07, 6.45) is 5.15. The van der Waals surface area contributed by atoms with Crippen molar-refractivity contribution < 1.29 is 0 Å².